The molecule has 0 fully saturated rings. The van der Waals surface area contributed by atoms with Gasteiger partial charge in [0.15, 0.2) is 17.5 Å². The average Bonchev–Trinajstić information content (AvgIpc) is 2.34. The monoisotopic (exact) mass is 271 g/mol. The minimum atomic E-state index is -1.50. The highest BCUT2D eigenvalue weighted by Gasteiger charge is 2.16. The first kappa shape index (κ1) is 12.9. The third-order valence-corrected chi connectivity index (χ3v) is 2.81. The molecule has 0 saturated heterocycles. The smallest absolute Gasteiger partial charge is 0.194 e. The van der Waals surface area contributed by atoms with Crippen molar-refractivity contribution >= 4 is 11.6 Å². The van der Waals surface area contributed by atoms with E-state index in [1.54, 1.807) is 24.3 Å². The second-order valence-corrected chi connectivity index (χ2v) is 4.27. The van der Waals surface area contributed by atoms with Crippen LogP contribution in [0.4, 0.5) is 13.2 Å². The average molecular weight is 272 g/mol. The van der Waals surface area contributed by atoms with Gasteiger partial charge in [-0.25, -0.2) is 13.2 Å². The van der Waals surface area contributed by atoms with Gasteiger partial charge in [-0.1, -0.05) is 23.7 Å². The van der Waals surface area contributed by atoms with Gasteiger partial charge in [0, 0.05) is 5.02 Å². The predicted octanol–water partition coefficient (Wildman–Crippen LogP) is 3.81. The van der Waals surface area contributed by atoms with Crippen LogP contribution in [0.15, 0.2) is 36.4 Å². The molecule has 2 aromatic rings. The van der Waals surface area contributed by atoms with Crippen LogP contribution in [0.5, 0.6) is 0 Å². The van der Waals surface area contributed by atoms with Crippen molar-refractivity contribution in [2.45, 2.75) is 6.04 Å². The summed E-state index contributed by atoms with van der Waals surface area (Å²) >= 11 is 5.80. The molecule has 0 radical (unpaired) electrons. The van der Waals surface area contributed by atoms with E-state index in [2.05, 4.69) is 0 Å². The van der Waals surface area contributed by atoms with Crippen molar-refractivity contribution in [3.05, 3.63) is 70.0 Å². The number of benzene rings is 2. The van der Waals surface area contributed by atoms with E-state index in [4.69, 9.17) is 17.3 Å². The molecule has 0 saturated carbocycles. The molecule has 0 aromatic heterocycles. The van der Waals surface area contributed by atoms with E-state index in [1.807, 2.05) is 0 Å². The van der Waals surface area contributed by atoms with E-state index in [0.717, 1.165) is 12.1 Å². The Balaban J connectivity index is 2.43. The Hall–Kier alpha value is -1.52. The largest absolute Gasteiger partial charge is 0.320 e. The van der Waals surface area contributed by atoms with Gasteiger partial charge in [0.2, 0.25) is 0 Å². The van der Waals surface area contributed by atoms with Crippen LogP contribution in [0.25, 0.3) is 0 Å². The molecule has 2 N–H and O–H groups in total. The van der Waals surface area contributed by atoms with Gasteiger partial charge in [-0.3, -0.25) is 0 Å². The van der Waals surface area contributed by atoms with Crippen LogP contribution in [0.2, 0.25) is 5.02 Å². The Morgan fingerprint density at radius 2 is 1.56 bits per heavy atom. The molecule has 1 unspecified atom stereocenters. The molecule has 1 atom stereocenters. The fourth-order valence-electron chi connectivity index (χ4n) is 1.65. The lowest BCUT2D eigenvalue weighted by Crippen LogP contribution is -2.13. The summed E-state index contributed by atoms with van der Waals surface area (Å²) in [5, 5.41) is 0.464. The third-order valence-electron chi connectivity index (χ3n) is 2.57. The van der Waals surface area contributed by atoms with Gasteiger partial charge in [-0.15, -0.1) is 0 Å². The molecule has 0 heterocycles. The maximum atomic E-state index is 13.1. The third kappa shape index (κ3) is 2.49. The number of nitrogens with two attached hydrogens (primary N) is 1. The van der Waals surface area contributed by atoms with Crippen molar-refractivity contribution in [2.24, 2.45) is 5.73 Å². The highest BCUT2D eigenvalue weighted by molar-refractivity contribution is 6.30. The molecule has 0 aliphatic heterocycles. The number of hydrogen-bond donors (Lipinski definition) is 1. The molecular formula is C13H9ClF3N. The van der Waals surface area contributed by atoms with Crippen molar-refractivity contribution in [1.82, 2.24) is 0 Å². The zero-order valence-corrected chi connectivity index (χ0v) is 9.89. The highest BCUT2D eigenvalue weighted by Crippen LogP contribution is 2.24. The van der Waals surface area contributed by atoms with Crippen LogP contribution in [0.3, 0.4) is 0 Å². The van der Waals surface area contributed by atoms with Gasteiger partial charge in [-0.2, -0.15) is 0 Å². The number of rotatable bonds is 2. The van der Waals surface area contributed by atoms with E-state index in [1.165, 1.54) is 0 Å². The normalized spacial score (nSPS) is 12.5. The lowest BCUT2D eigenvalue weighted by atomic mass is 9.99. The maximum Gasteiger partial charge on any atom is 0.194 e. The van der Waals surface area contributed by atoms with E-state index >= 15 is 0 Å². The molecule has 0 amide bonds. The van der Waals surface area contributed by atoms with Crippen LogP contribution in [0.1, 0.15) is 17.2 Å². The second kappa shape index (κ2) is 5.00. The topological polar surface area (TPSA) is 26.0 Å². The summed E-state index contributed by atoms with van der Waals surface area (Å²) in [7, 11) is 0. The maximum absolute atomic E-state index is 13.1. The van der Waals surface area contributed by atoms with Gasteiger partial charge in [-0.05, 0) is 35.4 Å². The summed E-state index contributed by atoms with van der Waals surface area (Å²) in [6, 6.07) is 7.58. The fourth-order valence-corrected chi connectivity index (χ4v) is 1.85. The van der Waals surface area contributed by atoms with Gasteiger partial charge >= 0.3 is 0 Å². The SMILES string of the molecule is NC(c1cccc(Cl)c1)c1cc(F)c(F)c(F)c1. The highest BCUT2D eigenvalue weighted by atomic mass is 35.5. The van der Waals surface area contributed by atoms with Gasteiger partial charge in [0.25, 0.3) is 0 Å². The first-order valence-corrected chi connectivity index (χ1v) is 5.52. The van der Waals surface area contributed by atoms with Gasteiger partial charge < -0.3 is 5.73 Å². The van der Waals surface area contributed by atoms with Crippen LogP contribution >= 0.6 is 11.6 Å². The van der Waals surface area contributed by atoms with Crippen molar-refractivity contribution in [3.8, 4) is 0 Å². The summed E-state index contributed by atoms with van der Waals surface area (Å²) in [5.74, 6) is -4.03. The Labute approximate surface area is 107 Å². The molecule has 94 valence electrons. The first-order valence-electron chi connectivity index (χ1n) is 5.14. The summed E-state index contributed by atoms with van der Waals surface area (Å²) in [4.78, 5) is 0. The Morgan fingerprint density at radius 3 is 2.11 bits per heavy atom. The lowest BCUT2D eigenvalue weighted by molar-refractivity contribution is 0.444. The minimum absolute atomic E-state index is 0.147. The van der Waals surface area contributed by atoms with E-state index in [0.29, 0.717) is 10.6 Å². The minimum Gasteiger partial charge on any atom is -0.320 e. The number of halogens is 4. The Bertz CT molecular complexity index is 563. The van der Waals surface area contributed by atoms with E-state index < -0.39 is 23.5 Å². The Morgan fingerprint density at radius 1 is 0.944 bits per heavy atom. The van der Waals surface area contributed by atoms with Crippen molar-refractivity contribution < 1.29 is 13.2 Å². The summed E-state index contributed by atoms with van der Waals surface area (Å²) < 4.78 is 39.0. The summed E-state index contributed by atoms with van der Waals surface area (Å²) in [5.41, 5.74) is 6.60. The molecule has 2 rings (SSSR count). The standard InChI is InChI=1S/C13H9ClF3N/c14-9-3-1-2-7(4-9)13(18)8-5-10(15)12(17)11(16)6-8/h1-6,13H,18H2. The fraction of sp³-hybridized carbons (Fsp3) is 0.0769. The van der Waals surface area contributed by atoms with Gasteiger partial charge in [0.05, 0.1) is 6.04 Å². The van der Waals surface area contributed by atoms with Crippen molar-refractivity contribution in [1.29, 1.82) is 0 Å². The Kier molecular flexibility index (Phi) is 3.59. The molecular weight excluding hydrogens is 263 g/mol. The lowest BCUT2D eigenvalue weighted by Gasteiger charge is -2.13. The van der Waals surface area contributed by atoms with Crippen molar-refractivity contribution in [2.75, 3.05) is 0 Å². The molecule has 0 aliphatic carbocycles. The predicted molar refractivity (Wildman–Crippen MR) is 63.8 cm³/mol. The molecule has 5 heteroatoms. The number of hydrogen-bond acceptors (Lipinski definition) is 1. The second-order valence-electron chi connectivity index (χ2n) is 3.83. The molecule has 2 aromatic carbocycles. The van der Waals surface area contributed by atoms with Crippen LogP contribution < -0.4 is 5.73 Å². The first-order chi connectivity index (χ1) is 8.49. The summed E-state index contributed by atoms with van der Waals surface area (Å²) in [6.07, 6.45) is 0. The molecule has 1 nitrogen and oxygen atoms in total. The van der Waals surface area contributed by atoms with Crippen molar-refractivity contribution in [3.63, 3.8) is 0 Å². The van der Waals surface area contributed by atoms with Gasteiger partial charge in [0.1, 0.15) is 0 Å². The molecule has 0 spiro atoms. The molecule has 0 bridgehead atoms. The summed E-state index contributed by atoms with van der Waals surface area (Å²) in [6.45, 7) is 0. The van der Waals surface area contributed by atoms with Crippen LogP contribution in [-0.2, 0) is 0 Å². The zero-order valence-electron chi connectivity index (χ0n) is 9.13. The molecule has 0 aliphatic rings. The quantitative estimate of drug-likeness (QED) is 0.826. The van der Waals surface area contributed by atoms with Crippen LogP contribution in [0, 0.1) is 17.5 Å². The van der Waals surface area contributed by atoms with Crippen LogP contribution in [-0.4, -0.2) is 0 Å². The van der Waals surface area contributed by atoms with E-state index in [-0.39, 0.29) is 5.56 Å². The molecule has 18 heavy (non-hydrogen) atoms. The van der Waals surface area contributed by atoms with E-state index in [9.17, 15) is 13.2 Å². The zero-order chi connectivity index (χ0) is 13.3.